The van der Waals surface area contributed by atoms with Crippen molar-refractivity contribution in [3.05, 3.63) is 23.8 Å². The number of rotatable bonds is 6. The van der Waals surface area contributed by atoms with E-state index in [4.69, 9.17) is 15.2 Å². The molecular formula is C13H22N2O2. The van der Waals surface area contributed by atoms with E-state index in [1.54, 1.807) is 14.2 Å². The molecule has 1 aromatic carbocycles. The van der Waals surface area contributed by atoms with Crippen molar-refractivity contribution >= 4 is 0 Å². The van der Waals surface area contributed by atoms with Crippen LogP contribution in [0.2, 0.25) is 0 Å². The topological polar surface area (TPSA) is 56.5 Å². The summed E-state index contributed by atoms with van der Waals surface area (Å²) in [5.41, 5.74) is 6.84. The molecule has 0 saturated heterocycles. The molecule has 96 valence electrons. The Labute approximate surface area is 103 Å². The quantitative estimate of drug-likeness (QED) is 0.789. The second kappa shape index (κ2) is 5.89. The summed E-state index contributed by atoms with van der Waals surface area (Å²) < 4.78 is 10.4. The van der Waals surface area contributed by atoms with Crippen LogP contribution in [0.4, 0.5) is 0 Å². The molecule has 0 atom stereocenters. The maximum absolute atomic E-state index is 5.89. The predicted molar refractivity (Wildman–Crippen MR) is 69.5 cm³/mol. The minimum absolute atomic E-state index is 0.198. The summed E-state index contributed by atoms with van der Waals surface area (Å²) in [6.07, 6.45) is 0. The lowest BCUT2D eigenvalue weighted by molar-refractivity contribution is 0.354. The van der Waals surface area contributed by atoms with Gasteiger partial charge in [-0.25, -0.2) is 0 Å². The maximum Gasteiger partial charge on any atom is 0.161 e. The van der Waals surface area contributed by atoms with Gasteiger partial charge in [0.1, 0.15) is 0 Å². The fraction of sp³-hybridized carbons (Fsp3) is 0.538. The van der Waals surface area contributed by atoms with Crippen LogP contribution in [0.1, 0.15) is 19.4 Å². The highest BCUT2D eigenvalue weighted by atomic mass is 16.5. The maximum atomic E-state index is 5.89. The zero-order valence-corrected chi connectivity index (χ0v) is 11.0. The van der Waals surface area contributed by atoms with Crippen LogP contribution in [0, 0.1) is 0 Å². The number of benzene rings is 1. The summed E-state index contributed by atoms with van der Waals surface area (Å²) in [7, 11) is 3.27. The van der Waals surface area contributed by atoms with Crippen molar-refractivity contribution in [3.63, 3.8) is 0 Å². The highest BCUT2D eigenvalue weighted by molar-refractivity contribution is 5.42. The molecule has 0 amide bonds. The van der Waals surface area contributed by atoms with Gasteiger partial charge in [-0.2, -0.15) is 0 Å². The summed E-state index contributed by atoms with van der Waals surface area (Å²) in [6, 6.07) is 5.89. The molecule has 1 aromatic rings. The lowest BCUT2D eigenvalue weighted by atomic mass is 10.1. The smallest absolute Gasteiger partial charge is 0.161 e. The monoisotopic (exact) mass is 238 g/mol. The highest BCUT2D eigenvalue weighted by Crippen LogP contribution is 2.27. The Balaban J connectivity index is 2.60. The van der Waals surface area contributed by atoms with Crippen molar-refractivity contribution in [1.29, 1.82) is 0 Å². The van der Waals surface area contributed by atoms with Crippen LogP contribution in [-0.2, 0) is 6.54 Å². The van der Waals surface area contributed by atoms with Crippen molar-refractivity contribution < 1.29 is 9.47 Å². The minimum Gasteiger partial charge on any atom is -0.493 e. The van der Waals surface area contributed by atoms with Crippen LogP contribution >= 0.6 is 0 Å². The zero-order valence-electron chi connectivity index (χ0n) is 11.0. The molecule has 4 heteroatoms. The van der Waals surface area contributed by atoms with Crippen LogP contribution < -0.4 is 20.5 Å². The number of nitrogens with two attached hydrogens (primary N) is 1. The lowest BCUT2D eigenvalue weighted by Crippen LogP contribution is -2.42. The molecule has 0 radical (unpaired) electrons. The average molecular weight is 238 g/mol. The van der Waals surface area contributed by atoms with Crippen molar-refractivity contribution in [2.75, 3.05) is 20.8 Å². The number of ether oxygens (including phenoxy) is 2. The third-order valence-electron chi connectivity index (χ3n) is 2.36. The van der Waals surface area contributed by atoms with Crippen molar-refractivity contribution in [3.8, 4) is 11.5 Å². The molecule has 0 fully saturated rings. The molecule has 0 unspecified atom stereocenters. The standard InChI is InChI=1S/C13H22N2O2/c1-13(2,14)9-15-8-10-5-6-11(16-3)12(7-10)17-4/h5-7,15H,8-9,14H2,1-4H3. The lowest BCUT2D eigenvalue weighted by Gasteiger charge is -2.19. The van der Waals surface area contributed by atoms with Gasteiger partial charge < -0.3 is 20.5 Å². The van der Waals surface area contributed by atoms with Crippen molar-refractivity contribution in [1.82, 2.24) is 5.32 Å². The molecule has 3 N–H and O–H groups in total. The van der Waals surface area contributed by atoms with Crippen LogP contribution in [0.5, 0.6) is 11.5 Å². The summed E-state index contributed by atoms with van der Waals surface area (Å²) >= 11 is 0. The van der Waals surface area contributed by atoms with Gasteiger partial charge in [-0.3, -0.25) is 0 Å². The van der Waals surface area contributed by atoms with Crippen LogP contribution in [0.25, 0.3) is 0 Å². The molecule has 0 aromatic heterocycles. The van der Waals surface area contributed by atoms with Gasteiger partial charge in [0.2, 0.25) is 0 Å². The van der Waals surface area contributed by atoms with E-state index < -0.39 is 0 Å². The Morgan fingerprint density at radius 3 is 2.35 bits per heavy atom. The molecule has 0 heterocycles. The van der Waals surface area contributed by atoms with E-state index >= 15 is 0 Å². The van der Waals surface area contributed by atoms with Gasteiger partial charge in [0.25, 0.3) is 0 Å². The van der Waals surface area contributed by atoms with Gasteiger partial charge in [-0.1, -0.05) is 6.07 Å². The third kappa shape index (κ3) is 4.63. The first-order chi connectivity index (χ1) is 7.96. The largest absolute Gasteiger partial charge is 0.493 e. The molecule has 17 heavy (non-hydrogen) atoms. The summed E-state index contributed by atoms with van der Waals surface area (Å²) in [5.74, 6) is 1.49. The zero-order chi connectivity index (χ0) is 12.9. The van der Waals surface area contributed by atoms with E-state index in [1.807, 2.05) is 32.0 Å². The summed E-state index contributed by atoms with van der Waals surface area (Å²) in [6.45, 7) is 5.52. The molecule has 0 aliphatic carbocycles. The van der Waals surface area contributed by atoms with E-state index in [-0.39, 0.29) is 5.54 Å². The molecule has 0 bridgehead atoms. The second-order valence-electron chi connectivity index (χ2n) is 4.78. The summed E-state index contributed by atoms with van der Waals surface area (Å²) in [5, 5.41) is 3.31. The molecule has 0 aliphatic rings. The van der Waals surface area contributed by atoms with Gasteiger partial charge in [-0.05, 0) is 31.5 Å². The van der Waals surface area contributed by atoms with Gasteiger partial charge in [0.15, 0.2) is 11.5 Å². The molecule has 0 saturated carbocycles. The first-order valence-corrected chi connectivity index (χ1v) is 5.67. The van der Waals surface area contributed by atoms with Gasteiger partial charge in [0, 0.05) is 18.6 Å². The summed E-state index contributed by atoms with van der Waals surface area (Å²) in [4.78, 5) is 0. The minimum atomic E-state index is -0.198. The fourth-order valence-corrected chi connectivity index (χ4v) is 1.52. The van der Waals surface area contributed by atoms with E-state index in [0.717, 1.165) is 30.2 Å². The highest BCUT2D eigenvalue weighted by Gasteiger charge is 2.10. The van der Waals surface area contributed by atoms with Gasteiger partial charge in [0.05, 0.1) is 14.2 Å². The molecule has 1 rings (SSSR count). The normalized spacial score (nSPS) is 11.4. The third-order valence-corrected chi connectivity index (χ3v) is 2.36. The number of methoxy groups -OCH3 is 2. The van der Waals surface area contributed by atoms with Crippen LogP contribution in [-0.4, -0.2) is 26.3 Å². The predicted octanol–water partition coefficient (Wildman–Crippen LogP) is 1.53. The number of nitrogens with one attached hydrogen (secondary N) is 1. The average Bonchev–Trinajstić information content (AvgIpc) is 2.27. The van der Waals surface area contributed by atoms with E-state index in [1.165, 1.54) is 0 Å². The Hall–Kier alpha value is -1.26. The first kappa shape index (κ1) is 13.8. The fourth-order valence-electron chi connectivity index (χ4n) is 1.52. The molecular weight excluding hydrogens is 216 g/mol. The van der Waals surface area contributed by atoms with E-state index in [2.05, 4.69) is 5.32 Å². The van der Waals surface area contributed by atoms with Gasteiger partial charge >= 0.3 is 0 Å². The van der Waals surface area contributed by atoms with Crippen LogP contribution in [0.3, 0.4) is 0 Å². The van der Waals surface area contributed by atoms with Gasteiger partial charge in [-0.15, -0.1) is 0 Å². The Bertz CT molecular complexity index is 359. The molecule has 4 nitrogen and oxygen atoms in total. The SMILES string of the molecule is COc1ccc(CNCC(C)(C)N)cc1OC. The van der Waals surface area contributed by atoms with E-state index in [0.29, 0.717) is 0 Å². The second-order valence-corrected chi connectivity index (χ2v) is 4.78. The Morgan fingerprint density at radius 1 is 1.18 bits per heavy atom. The van der Waals surface area contributed by atoms with Crippen LogP contribution in [0.15, 0.2) is 18.2 Å². The Morgan fingerprint density at radius 2 is 1.82 bits per heavy atom. The molecule has 0 aliphatic heterocycles. The van der Waals surface area contributed by atoms with Crippen molar-refractivity contribution in [2.45, 2.75) is 25.9 Å². The Kier molecular flexibility index (Phi) is 4.78. The first-order valence-electron chi connectivity index (χ1n) is 5.67. The van der Waals surface area contributed by atoms with Crippen molar-refractivity contribution in [2.24, 2.45) is 5.73 Å². The molecule has 0 spiro atoms. The van der Waals surface area contributed by atoms with E-state index in [9.17, 15) is 0 Å². The number of hydrogen-bond acceptors (Lipinski definition) is 4. The number of hydrogen-bond donors (Lipinski definition) is 2.